The number of hydrogen-bond donors (Lipinski definition) is 0. The van der Waals surface area contributed by atoms with Crippen molar-refractivity contribution in [1.82, 2.24) is 0 Å². The molecule has 0 amide bonds. The molecule has 0 radical (unpaired) electrons. The average Bonchev–Trinajstić information content (AvgIpc) is 2.03. The molecule has 0 heterocycles. The summed E-state index contributed by atoms with van der Waals surface area (Å²) in [5.74, 6) is -0.109. The van der Waals surface area contributed by atoms with Gasteiger partial charge in [-0.15, -0.1) is 0 Å². The second-order valence-electron chi connectivity index (χ2n) is 2.60. The van der Waals surface area contributed by atoms with Gasteiger partial charge in [-0.1, -0.05) is 59.1 Å². The molecule has 0 atom stereocenters. The normalized spacial score (nSPS) is 11.4. The van der Waals surface area contributed by atoms with Crippen molar-refractivity contribution in [3.05, 3.63) is 35.4 Å². The average molecular weight is 238 g/mol. The fraction of sp³-hybridized carbons (Fsp3) is 0.222. The predicted octanol–water partition coefficient (Wildman–Crippen LogP) is 3.72. The lowest BCUT2D eigenvalue weighted by Crippen LogP contribution is -2.07. The van der Waals surface area contributed by atoms with Crippen LogP contribution in [0.2, 0.25) is 0 Å². The van der Waals surface area contributed by atoms with Crippen LogP contribution in [-0.2, 0) is 3.79 Å². The van der Waals surface area contributed by atoms with Crippen molar-refractivity contribution in [2.75, 3.05) is 0 Å². The van der Waals surface area contributed by atoms with E-state index in [-0.39, 0.29) is 5.78 Å². The first-order valence-corrected chi connectivity index (χ1v) is 4.73. The summed E-state index contributed by atoms with van der Waals surface area (Å²) in [4.78, 5) is 11.1. The zero-order valence-electron chi connectivity index (χ0n) is 6.85. The minimum Gasteiger partial charge on any atom is -0.294 e. The quantitative estimate of drug-likeness (QED) is 0.537. The number of rotatable bonds is 1. The second-order valence-corrected chi connectivity index (χ2v) is 4.88. The molecule has 1 aromatic carbocycles. The Bertz CT molecular complexity index is 328. The standard InChI is InChI=1S/C9H7Cl3O/c1-6(13)7-4-2-3-5-8(7)9(10,11)12/h2-5H,1H3. The first-order chi connectivity index (χ1) is 5.93. The van der Waals surface area contributed by atoms with Crippen LogP contribution >= 0.6 is 34.8 Å². The predicted molar refractivity (Wildman–Crippen MR) is 55.7 cm³/mol. The minimum atomic E-state index is -1.54. The van der Waals surface area contributed by atoms with Crippen LogP contribution in [0.3, 0.4) is 0 Å². The summed E-state index contributed by atoms with van der Waals surface area (Å²) < 4.78 is -1.54. The van der Waals surface area contributed by atoms with E-state index in [2.05, 4.69) is 0 Å². The Hall–Kier alpha value is -0.240. The van der Waals surface area contributed by atoms with Gasteiger partial charge in [-0.05, 0) is 6.92 Å². The number of Topliss-reactive ketones (excluding diaryl/α,β-unsaturated/α-hetero) is 1. The Balaban J connectivity index is 3.28. The molecule has 1 aromatic rings. The molecule has 0 aliphatic rings. The summed E-state index contributed by atoms with van der Waals surface area (Å²) in [6, 6.07) is 6.73. The van der Waals surface area contributed by atoms with Crippen LogP contribution in [-0.4, -0.2) is 5.78 Å². The summed E-state index contributed by atoms with van der Waals surface area (Å²) in [6.07, 6.45) is 0. The Kier molecular flexibility index (Phi) is 3.23. The molecule has 1 rings (SSSR count). The van der Waals surface area contributed by atoms with Gasteiger partial charge < -0.3 is 0 Å². The van der Waals surface area contributed by atoms with Crippen molar-refractivity contribution in [3.63, 3.8) is 0 Å². The number of alkyl halides is 3. The van der Waals surface area contributed by atoms with E-state index in [1.807, 2.05) is 0 Å². The maximum atomic E-state index is 11.1. The van der Waals surface area contributed by atoms with Crippen LogP contribution in [0.1, 0.15) is 22.8 Å². The van der Waals surface area contributed by atoms with Crippen molar-refractivity contribution in [1.29, 1.82) is 0 Å². The van der Waals surface area contributed by atoms with E-state index in [9.17, 15) is 4.79 Å². The monoisotopic (exact) mass is 236 g/mol. The van der Waals surface area contributed by atoms with E-state index < -0.39 is 3.79 Å². The Morgan fingerprint density at radius 3 is 2.15 bits per heavy atom. The van der Waals surface area contributed by atoms with E-state index in [0.717, 1.165) is 0 Å². The van der Waals surface area contributed by atoms with Gasteiger partial charge in [0.2, 0.25) is 3.79 Å². The topological polar surface area (TPSA) is 17.1 Å². The molecule has 0 saturated heterocycles. The highest BCUT2D eigenvalue weighted by atomic mass is 35.6. The lowest BCUT2D eigenvalue weighted by atomic mass is 10.1. The van der Waals surface area contributed by atoms with E-state index >= 15 is 0 Å². The summed E-state index contributed by atoms with van der Waals surface area (Å²) in [5.41, 5.74) is 0.870. The SMILES string of the molecule is CC(=O)c1ccccc1C(Cl)(Cl)Cl. The molecular formula is C9H7Cl3O. The van der Waals surface area contributed by atoms with Gasteiger partial charge in [0.15, 0.2) is 5.78 Å². The van der Waals surface area contributed by atoms with Crippen LogP contribution in [0.5, 0.6) is 0 Å². The minimum absolute atomic E-state index is 0.109. The van der Waals surface area contributed by atoms with Gasteiger partial charge in [-0.3, -0.25) is 4.79 Å². The number of ketones is 1. The van der Waals surface area contributed by atoms with Crippen LogP contribution in [0.15, 0.2) is 24.3 Å². The zero-order valence-corrected chi connectivity index (χ0v) is 9.12. The van der Waals surface area contributed by atoms with Gasteiger partial charge in [0.25, 0.3) is 0 Å². The molecule has 0 spiro atoms. The number of carbonyl (C=O) groups is 1. The summed E-state index contributed by atoms with van der Waals surface area (Å²) in [6.45, 7) is 1.44. The number of hydrogen-bond acceptors (Lipinski definition) is 1. The molecule has 0 aliphatic heterocycles. The molecule has 0 aromatic heterocycles. The van der Waals surface area contributed by atoms with Crippen LogP contribution < -0.4 is 0 Å². The van der Waals surface area contributed by atoms with Gasteiger partial charge in [-0.25, -0.2) is 0 Å². The first kappa shape index (κ1) is 10.8. The van der Waals surface area contributed by atoms with Crippen molar-refractivity contribution in [3.8, 4) is 0 Å². The molecule has 13 heavy (non-hydrogen) atoms. The maximum Gasteiger partial charge on any atom is 0.216 e. The van der Waals surface area contributed by atoms with Crippen molar-refractivity contribution in [2.45, 2.75) is 10.7 Å². The van der Waals surface area contributed by atoms with Gasteiger partial charge in [-0.2, -0.15) is 0 Å². The van der Waals surface area contributed by atoms with Crippen molar-refractivity contribution < 1.29 is 4.79 Å². The molecule has 0 unspecified atom stereocenters. The van der Waals surface area contributed by atoms with E-state index in [0.29, 0.717) is 11.1 Å². The summed E-state index contributed by atoms with van der Waals surface area (Å²) in [5, 5.41) is 0. The highest BCUT2D eigenvalue weighted by Crippen LogP contribution is 2.39. The lowest BCUT2D eigenvalue weighted by molar-refractivity contribution is 0.101. The van der Waals surface area contributed by atoms with E-state index in [4.69, 9.17) is 34.8 Å². The number of carbonyl (C=O) groups excluding carboxylic acids is 1. The van der Waals surface area contributed by atoms with Gasteiger partial charge in [0.05, 0.1) is 0 Å². The third-order valence-corrected chi connectivity index (χ3v) is 2.22. The highest BCUT2D eigenvalue weighted by molar-refractivity contribution is 6.67. The number of benzene rings is 1. The molecular weight excluding hydrogens is 230 g/mol. The van der Waals surface area contributed by atoms with Gasteiger partial charge in [0.1, 0.15) is 0 Å². The molecule has 70 valence electrons. The highest BCUT2D eigenvalue weighted by Gasteiger charge is 2.26. The second kappa shape index (κ2) is 3.87. The molecule has 0 aliphatic carbocycles. The first-order valence-electron chi connectivity index (χ1n) is 3.60. The van der Waals surface area contributed by atoms with Gasteiger partial charge in [0, 0.05) is 11.1 Å². The molecule has 0 N–H and O–H groups in total. The lowest BCUT2D eigenvalue weighted by Gasteiger charge is -2.14. The Labute approximate surface area is 91.6 Å². The third kappa shape index (κ3) is 2.60. The molecule has 0 bridgehead atoms. The van der Waals surface area contributed by atoms with Crippen molar-refractivity contribution >= 4 is 40.6 Å². The van der Waals surface area contributed by atoms with Crippen LogP contribution in [0.25, 0.3) is 0 Å². The summed E-state index contributed by atoms with van der Waals surface area (Å²) >= 11 is 17.1. The summed E-state index contributed by atoms with van der Waals surface area (Å²) in [7, 11) is 0. The van der Waals surface area contributed by atoms with Gasteiger partial charge >= 0.3 is 0 Å². The van der Waals surface area contributed by atoms with E-state index in [1.54, 1.807) is 24.3 Å². The molecule has 4 heteroatoms. The van der Waals surface area contributed by atoms with Crippen LogP contribution in [0.4, 0.5) is 0 Å². The smallest absolute Gasteiger partial charge is 0.216 e. The fourth-order valence-electron chi connectivity index (χ4n) is 1.04. The Morgan fingerprint density at radius 2 is 1.77 bits per heavy atom. The largest absolute Gasteiger partial charge is 0.294 e. The molecule has 0 saturated carbocycles. The molecule has 1 nitrogen and oxygen atoms in total. The Morgan fingerprint density at radius 1 is 1.23 bits per heavy atom. The third-order valence-electron chi connectivity index (χ3n) is 1.61. The zero-order chi connectivity index (χ0) is 10.1. The molecule has 0 fully saturated rings. The van der Waals surface area contributed by atoms with Crippen LogP contribution in [0, 0.1) is 0 Å². The van der Waals surface area contributed by atoms with E-state index in [1.165, 1.54) is 6.92 Å². The van der Waals surface area contributed by atoms with Crippen molar-refractivity contribution in [2.24, 2.45) is 0 Å². The maximum absolute atomic E-state index is 11.1. The number of halogens is 3. The fourth-order valence-corrected chi connectivity index (χ4v) is 1.53.